The first-order chi connectivity index (χ1) is 8.57. The minimum absolute atomic E-state index is 0.0440. The van der Waals surface area contributed by atoms with Crippen LogP contribution < -0.4 is 5.73 Å². The second kappa shape index (κ2) is 6.18. The number of nitrogens with zero attached hydrogens (tertiary/aromatic N) is 1. The van der Waals surface area contributed by atoms with Gasteiger partial charge in [-0.3, -0.25) is 0 Å². The normalized spacial score (nSPS) is 19.1. The number of hydrogen-bond donors (Lipinski definition) is 1. The number of likely N-dealkylation sites (N-methyl/N-ethyl adjacent to an activating group) is 1. The van der Waals surface area contributed by atoms with Gasteiger partial charge in [0.15, 0.2) is 0 Å². The highest BCUT2D eigenvalue weighted by Crippen LogP contribution is 2.26. The number of nitrogens with two attached hydrogens (primary N) is 1. The molecule has 0 spiro atoms. The summed E-state index contributed by atoms with van der Waals surface area (Å²) in [6.07, 6.45) is 6.30. The van der Waals surface area contributed by atoms with Crippen LogP contribution in [0.1, 0.15) is 37.7 Å². The third-order valence-electron chi connectivity index (χ3n) is 3.80. The van der Waals surface area contributed by atoms with Gasteiger partial charge in [0, 0.05) is 23.1 Å². The summed E-state index contributed by atoms with van der Waals surface area (Å²) in [4.78, 5) is 2.36. The molecule has 1 aliphatic carbocycles. The molecular weight excluding hydrogens is 288 g/mol. The van der Waals surface area contributed by atoms with Gasteiger partial charge in [-0.2, -0.15) is 0 Å². The van der Waals surface area contributed by atoms with Crippen LogP contribution in [0.25, 0.3) is 0 Å². The largest absolute Gasteiger partial charge is 0.324 e. The maximum absolute atomic E-state index is 6.49. The van der Waals surface area contributed by atoms with E-state index in [-0.39, 0.29) is 5.54 Å². The standard InChI is InChI=1S/C15H23BrN2/c1-18(11-13-5-7-14(16)8-6-13)12-15(17)9-3-2-4-10-15/h5-8H,2-4,9-12,17H2,1H3. The molecule has 0 aromatic heterocycles. The van der Waals surface area contributed by atoms with E-state index in [2.05, 4.69) is 52.1 Å². The van der Waals surface area contributed by atoms with Crippen molar-refractivity contribution < 1.29 is 0 Å². The monoisotopic (exact) mass is 310 g/mol. The third kappa shape index (κ3) is 4.08. The lowest BCUT2D eigenvalue weighted by atomic mass is 9.82. The van der Waals surface area contributed by atoms with Crippen LogP contribution in [0.5, 0.6) is 0 Å². The first-order valence-electron chi connectivity index (χ1n) is 6.79. The average molecular weight is 311 g/mol. The van der Waals surface area contributed by atoms with E-state index in [4.69, 9.17) is 5.73 Å². The molecular formula is C15H23BrN2. The molecule has 1 aromatic carbocycles. The highest BCUT2D eigenvalue weighted by Gasteiger charge is 2.28. The van der Waals surface area contributed by atoms with E-state index in [0.717, 1.165) is 17.6 Å². The second-order valence-corrected chi connectivity index (χ2v) is 6.64. The lowest BCUT2D eigenvalue weighted by molar-refractivity contribution is 0.193. The first kappa shape index (κ1) is 14.0. The van der Waals surface area contributed by atoms with Crippen LogP contribution in [0.3, 0.4) is 0 Å². The molecule has 18 heavy (non-hydrogen) atoms. The molecule has 0 radical (unpaired) electrons. The molecule has 1 fully saturated rings. The minimum Gasteiger partial charge on any atom is -0.324 e. The van der Waals surface area contributed by atoms with Crippen molar-refractivity contribution in [2.45, 2.75) is 44.2 Å². The second-order valence-electron chi connectivity index (χ2n) is 5.72. The minimum atomic E-state index is 0.0440. The summed E-state index contributed by atoms with van der Waals surface area (Å²) in [7, 11) is 2.17. The van der Waals surface area contributed by atoms with Gasteiger partial charge < -0.3 is 10.6 Å². The van der Waals surface area contributed by atoms with Crippen molar-refractivity contribution in [1.82, 2.24) is 4.90 Å². The average Bonchev–Trinajstić information content (AvgIpc) is 2.32. The van der Waals surface area contributed by atoms with Gasteiger partial charge in [0.25, 0.3) is 0 Å². The molecule has 2 rings (SSSR count). The van der Waals surface area contributed by atoms with Crippen molar-refractivity contribution >= 4 is 15.9 Å². The Kier molecular flexibility index (Phi) is 4.82. The summed E-state index contributed by atoms with van der Waals surface area (Å²) in [6.45, 7) is 1.98. The molecule has 1 aromatic rings. The van der Waals surface area contributed by atoms with Crippen molar-refractivity contribution in [3.05, 3.63) is 34.3 Å². The zero-order valence-electron chi connectivity index (χ0n) is 11.2. The molecule has 0 bridgehead atoms. The molecule has 0 heterocycles. The molecule has 0 amide bonds. The molecule has 0 atom stereocenters. The molecule has 0 unspecified atom stereocenters. The topological polar surface area (TPSA) is 29.3 Å². The molecule has 1 saturated carbocycles. The Morgan fingerprint density at radius 2 is 1.78 bits per heavy atom. The van der Waals surface area contributed by atoms with Crippen LogP contribution in [-0.2, 0) is 6.54 Å². The third-order valence-corrected chi connectivity index (χ3v) is 4.33. The molecule has 2 N–H and O–H groups in total. The van der Waals surface area contributed by atoms with E-state index in [1.54, 1.807) is 0 Å². The lowest BCUT2D eigenvalue weighted by Gasteiger charge is -2.36. The van der Waals surface area contributed by atoms with Crippen molar-refractivity contribution in [3.8, 4) is 0 Å². The van der Waals surface area contributed by atoms with Crippen LogP contribution in [0.2, 0.25) is 0 Å². The van der Waals surface area contributed by atoms with E-state index in [0.29, 0.717) is 0 Å². The predicted octanol–water partition coefficient (Wildman–Crippen LogP) is 3.54. The number of halogens is 1. The van der Waals surface area contributed by atoms with Gasteiger partial charge >= 0.3 is 0 Å². The van der Waals surface area contributed by atoms with E-state index in [9.17, 15) is 0 Å². The van der Waals surface area contributed by atoms with Crippen molar-refractivity contribution in [3.63, 3.8) is 0 Å². The van der Waals surface area contributed by atoms with E-state index in [1.807, 2.05) is 0 Å². The highest BCUT2D eigenvalue weighted by atomic mass is 79.9. The van der Waals surface area contributed by atoms with Crippen molar-refractivity contribution in [2.24, 2.45) is 5.73 Å². The highest BCUT2D eigenvalue weighted by molar-refractivity contribution is 9.10. The molecule has 2 nitrogen and oxygen atoms in total. The smallest absolute Gasteiger partial charge is 0.0283 e. The number of hydrogen-bond acceptors (Lipinski definition) is 2. The zero-order valence-corrected chi connectivity index (χ0v) is 12.7. The Hall–Kier alpha value is -0.380. The number of rotatable bonds is 4. The fourth-order valence-electron chi connectivity index (χ4n) is 2.91. The Morgan fingerprint density at radius 1 is 1.17 bits per heavy atom. The van der Waals surface area contributed by atoms with Gasteiger partial charge in [-0.25, -0.2) is 0 Å². The molecule has 3 heteroatoms. The van der Waals surface area contributed by atoms with Gasteiger partial charge in [-0.15, -0.1) is 0 Å². The van der Waals surface area contributed by atoms with Crippen LogP contribution in [-0.4, -0.2) is 24.0 Å². The van der Waals surface area contributed by atoms with E-state index < -0.39 is 0 Å². The summed E-state index contributed by atoms with van der Waals surface area (Å²) < 4.78 is 1.14. The van der Waals surface area contributed by atoms with Crippen LogP contribution >= 0.6 is 15.9 Å². The SMILES string of the molecule is CN(Cc1ccc(Br)cc1)CC1(N)CCCCC1. The van der Waals surface area contributed by atoms with Gasteiger partial charge in [-0.05, 0) is 37.6 Å². The summed E-state index contributed by atoms with van der Waals surface area (Å²) in [6, 6.07) is 8.54. The van der Waals surface area contributed by atoms with Gasteiger partial charge in [0.1, 0.15) is 0 Å². The van der Waals surface area contributed by atoms with Crippen molar-refractivity contribution in [2.75, 3.05) is 13.6 Å². The fraction of sp³-hybridized carbons (Fsp3) is 0.600. The Labute approximate surface area is 119 Å². The molecule has 100 valence electrons. The summed E-state index contributed by atoms with van der Waals surface area (Å²) in [5, 5.41) is 0. The lowest BCUT2D eigenvalue weighted by Crippen LogP contribution is -2.50. The van der Waals surface area contributed by atoms with E-state index in [1.165, 1.54) is 37.7 Å². The van der Waals surface area contributed by atoms with Gasteiger partial charge in [0.05, 0.1) is 0 Å². The predicted molar refractivity (Wildman–Crippen MR) is 80.5 cm³/mol. The Bertz CT molecular complexity index is 369. The first-order valence-corrected chi connectivity index (χ1v) is 7.59. The maximum Gasteiger partial charge on any atom is 0.0283 e. The summed E-state index contributed by atoms with van der Waals surface area (Å²) in [5.74, 6) is 0. The Morgan fingerprint density at radius 3 is 2.39 bits per heavy atom. The fourth-order valence-corrected chi connectivity index (χ4v) is 3.17. The maximum atomic E-state index is 6.49. The summed E-state index contributed by atoms with van der Waals surface area (Å²) in [5.41, 5.74) is 7.88. The summed E-state index contributed by atoms with van der Waals surface area (Å²) >= 11 is 3.47. The molecule has 0 saturated heterocycles. The molecule has 0 aliphatic heterocycles. The quantitative estimate of drug-likeness (QED) is 0.921. The zero-order chi connectivity index (χ0) is 13.0. The van der Waals surface area contributed by atoms with Crippen LogP contribution in [0, 0.1) is 0 Å². The van der Waals surface area contributed by atoms with Crippen LogP contribution in [0.4, 0.5) is 0 Å². The molecule has 1 aliphatic rings. The van der Waals surface area contributed by atoms with Gasteiger partial charge in [-0.1, -0.05) is 47.3 Å². The van der Waals surface area contributed by atoms with Crippen molar-refractivity contribution in [1.29, 1.82) is 0 Å². The van der Waals surface area contributed by atoms with Crippen LogP contribution in [0.15, 0.2) is 28.7 Å². The van der Waals surface area contributed by atoms with Gasteiger partial charge in [0.2, 0.25) is 0 Å². The number of benzene rings is 1. The van der Waals surface area contributed by atoms with E-state index >= 15 is 0 Å². The Balaban J connectivity index is 1.87.